The van der Waals surface area contributed by atoms with Gasteiger partial charge in [-0.25, -0.2) is 9.59 Å². The van der Waals surface area contributed by atoms with Gasteiger partial charge in [-0.1, -0.05) is 23.8 Å². The standard InChI is InChI=1S/C30H37N7O5/c1-19(2)12-14-36-24-25(33-27(36)35-13-8-11-22(17-35)32-28(40)42-30(3,4)5)34(6)29(41)37(26(24)39)18-23(38)21-10-7-9-20(15-21)16-31/h7,9-10,12,15,22H,8,11,13-14,17-18H2,1-6H3,(H,32,40). The number of aromatic nitrogens is 4. The third-order valence-corrected chi connectivity index (χ3v) is 6.93. The van der Waals surface area contributed by atoms with E-state index in [1.807, 2.05) is 30.9 Å². The molecule has 1 aliphatic rings. The lowest BCUT2D eigenvalue weighted by atomic mass is 10.1. The van der Waals surface area contributed by atoms with Crippen LogP contribution in [0.1, 0.15) is 63.4 Å². The predicted molar refractivity (Wildman–Crippen MR) is 159 cm³/mol. The Bertz CT molecular complexity index is 1710. The van der Waals surface area contributed by atoms with Crippen molar-refractivity contribution in [1.82, 2.24) is 24.0 Å². The maximum Gasteiger partial charge on any atom is 0.407 e. The van der Waals surface area contributed by atoms with Gasteiger partial charge in [-0.2, -0.15) is 10.2 Å². The highest BCUT2D eigenvalue weighted by Gasteiger charge is 2.29. The molecule has 1 unspecified atom stereocenters. The number of imidazole rings is 1. The van der Waals surface area contributed by atoms with Crippen molar-refractivity contribution < 1.29 is 14.3 Å². The third kappa shape index (κ3) is 6.62. The number of ketones is 1. The normalized spacial score (nSPS) is 15.3. The Labute approximate surface area is 243 Å². The van der Waals surface area contributed by atoms with Crippen LogP contribution in [0.15, 0.2) is 45.5 Å². The molecule has 3 aromatic rings. The minimum atomic E-state index is -0.668. The zero-order chi connectivity index (χ0) is 30.8. The van der Waals surface area contributed by atoms with Crippen LogP contribution in [-0.2, 0) is 24.9 Å². The van der Waals surface area contributed by atoms with Crippen LogP contribution in [0.25, 0.3) is 11.2 Å². The summed E-state index contributed by atoms with van der Waals surface area (Å²) in [4.78, 5) is 59.5. The van der Waals surface area contributed by atoms with Gasteiger partial charge in [-0.3, -0.25) is 18.7 Å². The van der Waals surface area contributed by atoms with Crippen molar-refractivity contribution in [3.8, 4) is 6.07 Å². The Hall–Kier alpha value is -4.66. The smallest absolute Gasteiger partial charge is 0.407 e. The number of allylic oxidation sites excluding steroid dienone is 2. The molecule has 1 aromatic carbocycles. The number of hydrogen-bond acceptors (Lipinski definition) is 8. The fourth-order valence-corrected chi connectivity index (χ4v) is 4.94. The summed E-state index contributed by atoms with van der Waals surface area (Å²) in [6, 6.07) is 7.93. The van der Waals surface area contributed by atoms with Crippen molar-refractivity contribution in [2.75, 3.05) is 18.0 Å². The molecule has 0 spiro atoms. The molecule has 4 rings (SSSR count). The lowest BCUT2D eigenvalue weighted by Crippen LogP contribution is -2.49. The molecule has 1 fully saturated rings. The molecule has 1 atom stereocenters. The molecular weight excluding hydrogens is 538 g/mol. The average molecular weight is 576 g/mol. The molecular formula is C30H37N7O5. The Morgan fingerprint density at radius 2 is 1.95 bits per heavy atom. The highest BCUT2D eigenvalue weighted by Crippen LogP contribution is 2.24. The number of nitrogens with one attached hydrogen (secondary N) is 1. The van der Waals surface area contributed by atoms with Crippen LogP contribution in [0.4, 0.5) is 10.7 Å². The van der Waals surface area contributed by atoms with E-state index in [-0.39, 0.29) is 22.8 Å². The van der Waals surface area contributed by atoms with Gasteiger partial charge in [0.05, 0.1) is 18.2 Å². The highest BCUT2D eigenvalue weighted by molar-refractivity contribution is 5.96. The van der Waals surface area contributed by atoms with E-state index in [1.54, 1.807) is 43.5 Å². The number of carbonyl (C=O) groups is 2. The summed E-state index contributed by atoms with van der Waals surface area (Å²) in [5.74, 6) is 0.0319. The molecule has 3 heterocycles. The number of ether oxygens (including phenoxy) is 1. The summed E-state index contributed by atoms with van der Waals surface area (Å²) < 4.78 is 9.38. The number of Topliss-reactive ketones (excluding diaryl/α,β-unsaturated/α-hetero) is 1. The lowest BCUT2D eigenvalue weighted by Gasteiger charge is -2.34. The molecule has 0 bridgehead atoms. The summed E-state index contributed by atoms with van der Waals surface area (Å²) in [7, 11) is 1.52. The number of nitriles is 1. The number of benzene rings is 1. The third-order valence-electron chi connectivity index (χ3n) is 6.93. The zero-order valence-electron chi connectivity index (χ0n) is 24.9. The van der Waals surface area contributed by atoms with Gasteiger partial charge < -0.3 is 19.5 Å². The summed E-state index contributed by atoms with van der Waals surface area (Å²) >= 11 is 0. The van der Waals surface area contributed by atoms with Gasteiger partial charge in [0.1, 0.15) is 5.60 Å². The van der Waals surface area contributed by atoms with E-state index >= 15 is 0 Å². The summed E-state index contributed by atoms with van der Waals surface area (Å²) in [5, 5.41) is 12.1. The maximum absolute atomic E-state index is 13.9. The van der Waals surface area contributed by atoms with E-state index in [9.17, 15) is 24.4 Å². The molecule has 1 amide bonds. The van der Waals surface area contributed by atoms with Crippen LogP contribution in [0.3, 0.4) is 0 Å². The topological polar surface area (TPSA) is 144 Å². The zero-order valence-corrected chi connectivity index (χ0v) is 24.9. The van der Waals surface area contributed by atoms with Crippen molar-refractivity contribution in [1.29, 1.82) is 5.26 Å². The Morgan fingerprint density at radius 3 is 2.62 bits per heavy atom. The number of rotatable bonds is 7. The largest absolute Gasteiger partial charge is 0.444 e. The number of nitrogens with zero attached hydrogens (tertiary/aromatic N) is 6. The number of aryl methyl sites for hydroxylation is 1. The SMILES string of the molecule is CC(C)=CCn1c(N2CCCC(NC(=O)OC(C)(C)C)C2)nc2c1c(=O)n(CC(=O)c1cccc(C#N)c1)c(=O)n2C. The van der Waals surface area contributed by atoms with Crippen molar-refractivity contribution in [2.24, 2.45) is 7.05 Å². The van der Waals surface area contributed by atoms with E-state index in [2.05, 4.69) is 5.32 Å². The number of amides is 1. The molecule has 0 saturated carbocycles. The summed E-state index contributed by atoms with van der Waals surface area (Å²) in [6.45, 7) is 10.2. The second-order valence-electron chi connectivity index (χ2n) is 11.8. The van der Waals surface area contributed by atoms with Gasteiger partial charge in [0, 0.05) is 38.3 Å². The fourth-order valence-electron chi connectivity index (χ4n) is 4.94. The van der Waals surface area contributed by atoms with Crippen molar-refractivity contribution in [3.63, 3.8) is 0 Å². The Kier molecular flexibility index (Phi) is 8.70. The molecule has 222 valence electrons. The number of hydrogen-bond donors (Lipinski definition) is 1. The van der Waals surface area contributed by atoms with E-state index in [0.717, 1.165) is 23.0 Å². The number of carbonyl (C=O) groups excluding carboxylic acids is 2. The number of anilines is 1. The molecule has 0 radical (unpaired) electrons. The van der Waals surface area contributed by atoms with Crippen LogP contribution in [-0.4, -0.2) is 55.3 Å². The molecule has 12 heteroatoms. The number of fused-ring (bicyclic) bond motifs is 1. The van der Waals surface area contributed by atoms with Gasteiger partial charge >= 0.3 is 11.8 Å². The van der Waals surface area contributed by atoms with Crippen molar-refractivity contribution in [3.05, 3.63) is 67.9 Å². The first-order chi connectivity index (χ1) is 19.8. The first kappa shape index (κ1) is 30.3. The van der Waals surface area contributed by atoms with Crippen molar-refractivity contribution >= 4 is 29.0 Å². The van der Waals surface area contributed by atoms with Gasteiger partial charge in [0.15, 0.2) is 16.9 Å². The Balaban J connectivity index is 1.76. The van der Waals surface area contributed by atoms with E-state index < -0.39 is 35.3 Å². The molecule has 1 saturated heterocycles. The second kappa shape index (κ2) is 12.1. The lowest BCUT2D eigenvalue weighted by molar-refractivity contribution is 0.0499. The predicted octanol–water partition coefficient (Wildman–Crippen LogP) is 3.11. The van der Waals surface area contributed by atoms with Gasteiger partial charge in [-0.05, 0) is 59.6 Å². The van der Waals surface area contributed by atoms with Crippen LogP contribution >= 0.6 is 0 Å². The van der Waals surface area contributed by atoms with E-state index in [4.69, 9.17) is 9.72 Å². The quantitative estimate of drug-likeness (QED) is 0.334. The molecule has 42 heavy (non-hydrogen) atoms. The first-order valence-corrected chi connectivity index (χ1v) is 13.9. The van der Waals surface area contributed by atoms with E-state index in [0.29, 0.717) is 31.1 Å². The molecule has 0 aliphatic carbocycles. The van der Waals surface area contributed by atoms with Gasteiger partial charge in [0.2, 0.25) is 5.95 Å². The minimum Gasteiger partial charge on any atom is -0.444 e. The fraction of sp³-hybridized carbons (Fsp3) is 0.467. The molecule has 1 N–H and O–H groups in total. The van der Waals surface area contributed by atoms with Crippen LogP contribution < -0.4 is 21.5 Å². The van der Waals surface area contributed by atoms with Gasteiger partial charge in [0.25, 0.3) is 5.56 Å². The Morgan fingerprint density at radius 1 is 1.21 bits per heavy atom. The van der Waals surface area contributed by atoms with E-state index in [1.165, 1.54) is 17.7 Å². The maximum atomic E-state index is 13.9. The monoisotopic (exact) mass is 575 g/mol. The minimum absolute atomic E-state index is 0.199. The van der Waals surface area contributed by atoms with Crippen LogP contribution in [0, 0.1) is 11.3 Å². The molecule has 12 nitrogen and oxygen atoms in total. The van der Waals surface area contributed by atoms with Crippen LogP contribution in [0.5, 0.6) is 0 Å². The summed E-state index contributed by atoms with van der Waals surface area (Å²) in [5.41, 5.74) is 0.0636. The number of alkyl carbamates (subject to hydrolysis) is 1. The molecule has 2 aromatic heterocycles. The highest BCUT2D eigenvalue weighted by atomic mass is 16.6. The number of piperidine rings is 1. The average Bonchev–Trinajstić information content (AvgIpc) is 3.32. The van der Waals surface area contributed by atoms with Gasteiger partial charge in [-0.15, -0.1) is 0 Å². The van der Waals surface area contributed by atoms with Crippen molar-refractivity contribution in [2.45, 2.75) is 72.2 Å². The molecule has 1 aliphatic heterocycles. The first-order valence-electron chi connectivity index (χ1n) is 13.9. The summed E-state index contributed by atoms with van der Waals surface area (Å²) in [6.07, 6.45) is 2.98. The van der Waals surface area contributed by atoms with Crippen LogP contribution in [0.2, 0.25) is 0 Å². The second-order valence-corrected chi connectivity index (χ2v) is 11.8.